The van der Waals surface area contributed by atoms with Gasteiger partial charge in [-0.1, -0.05) is 42.1 Å². The van der Waals surface area contributed by atoms with Crippen LogP contribution in [0.3, 0.4) is 0 Å². The molecule has 1 heterocycles. The number of carbonyl (C=O) groups is 1. The minimum atomic E-state index is -0.00486. The third-order valence-corrected chi connectivity index (χ3v) is 4.64. The lowest BCUT2D eigenvalue weighted by molar-refractivity contribution is 0.102. The molecule has 0 amide bonds. The van der Waals surface area contributed by atoms with Crippen molar-refractivity contribution in [3.8, 4) is 28.7 Å². The Morgan fingerprint density at radius 3 is 2.36 bits per heavy atom. The number of thioether (sulfide) groups is 1. The van der Waals surface area contributed by atoms with Crippen LogP contribution in [0.2, 0.25) is 0 Å². The van der Waals surface area contributed by atoms with Gasteiger partial charge in [0.15, 0.2) is 17.3 Å². The van der Waals surface area contributed by atoms with E-state index in [0.717, 1.165) is 0 Å². The van der Waals surface area contributed by atoms with E-state index < -0.39 is 0 Å². The van der Waals surface area contributed by atoms with Crippen molar-refractivity contribution in [2.45, 2.75) is 12.1 Å². The number of aromatic nitrogens is 2. The van der Waals surface area contributed by atoms with E-state index in [2.05, 4.69) is 10.2 Å². The number of Topliss-reactive ketones (excluding diaryl/α,β-unsaturated/α-hetero) is 1. The maximum Gasteiger partial charge on any atom is 0.277 e. The predicted molar refractivity (Wildman–Crippen MR) is 106 cm³/mol. The molecule has 28 heavy (non-hydrogen) atoms. The van der Waals surface area contributed by atoms with Gasteiger partial charge in [0.25, 0.3) is 5.22 Å². The SMILES string of the molecule is CCOc1c(OC)cc(-c2nnc(SCC(=O)c3ccccc3)o2)cc1OC. The van der Waals surface area contributed by atoms with Gasteiger partial charge in [-0.15, -0.1) is 10.2 Å². The zero-order chi connectivity index (χ0) is 19.9. The van der Waals surface area contributed by atoms with E-state index >= 15 is 0 Å². The summed E-state index contributed by atoms with van der Waals surface area (Å²) >= 11 is 1.19. The van der Waals surface area contributed by atoms with Crippen molar-refractivity contribution in [1.82, 2.24) is 10.2 Å². The molecule has 0 saturated carbocycles. The number of hydrogen-bond acceptors (Lipinski definition) is 8. The monoisotopic (exact) mass is 400 g/mol. The van der Waals surface area contributed by atoms with Crippen molar-refractivity contribution in [3.05, 3.63) is 48.0 Å². The molecule has 0 fully saturated rings. The highest BCUT2D eigenvalue weighted by Gasteiger charge is 2.18. The Labute approximate surface area is 167 Å². The van der Waals surface area contributed by atoms with Gasteiger partial charge in [0, 0.05) is 11.1 Å². The van der Waals surface area contributed by atoms with Crippen LogP contribution in [0.1, 0.15) is 17.3 Å². The molecule has 0 spiro atoms. The van der Waals surface area contributed by atoms with Gasteiger partial charge in [0.05, 0.1) is 26.6 Å². The van der Waals surface area contributed by atoms with Crippen LogP contribution >= 0.6 is 11.8 Å². The number of benzene rings is 2. The highest BCUT2D eigenvalue weighted by atomic mass is 32.2. The third-order valence-electron chi connectivity index (χ3n) is 3.83. The van der Waals surface area contributed by atoms with Crippen LogP contribution in [0.15, 0.2) is 52.1 Å². The molecule has 0 aliphatic heterocycles. The molecule has 0 aliphatic carbocycles. The van der Waals surface area contributed by atoms with E-state index in [1.165, 1.54) is 11.8 Å². The first-order valence-electron chi connectivity index (χ1n) is 8.60. The summed E-state index contributed by atoms with van der Waals surface area (Å²) in [5.41, 5.74) is 1.28. The number of ketones is 1. The van der Waals surface area contributed by atoms with E-state index in [4.69, 9.17) is 18.6 Å². The molecular weight excluding hydrogens is 380 g/mol. The summed E-state index contributed by atoms with van der Waals surface area (Å²) in [6, 6.07) is 12.6. The summed E-state index contributed by atoms with van der Waals surface area (Å²) in [7, 11) is 3.09. The first-order valence-corrected chi connectivity index (χ1v) is 9.58. The second-order valence-corrected chi connectivity index (χ2v) is 6.52. The molecule has 7 nitrogen and oxygen atoms in total. The number of ether oxygens (including phenoxy) is 3. The summed E-state index contributed by atoms with van der Waals surface area (Å²) in [6.45, 7) is 2.36. The number of nitrogens with zero attached hydrogens (tertiary/aromatic N) is 2. The third kappa shape index (κ3) is 4.45. The summed E-state index contributed by atoms with van der Waals surface area (Å²) in [5, 5.41) is 8.38. The molecule has 0 saturated heterocycles. The van der Waals surface area contributed by atoms with Gasteiger partial charge in [-0.3, -0.25) is 4.79 Å². The number of rotatable bonds is 9. The molecule has 146 valence electrons. The van der Waals surface area contributed by atoms with E-state index in [1.54, 1.807) is 38.5 Å². The van der Waals surface area contributed by atoms with Gasteiger partial charge >= 0.3 is 0 Å². The fourth-order valence-electron chi connectivity index (χ4n) is 2.51. The van der Waals surface area contributed by atoms with Gasteiger partial charge in [-0.05, 0) is 19.1 Å². The summed E-state index contributed by atoms with van der Waals surface area (Å²) in [6.07, 6.45) is 0. The molecule has 2 aromatic carbocycles. The van der Waals surface area contributed by atoms with Gasteiger partial charge in [-0.25, -0.2) is 0 Å². The second kappa shape index (κ2) is 9.27. The predicted octanol–water partition coefficient (Wildman–Crippen LogP) is 4.13. The first kappa shape index (κ1) is 19.8. The van der Waals surface area contributed by atoms with Crippen molar-refractivity contribution >= 4 is 17.5 Å². The van der Waals surface area contributed by atoms with E-state index in [1.807, 2.05) is 25.1 Å². The Bertz CT molecular complexity index is 918. The quantitative estimate of drug-likeness (QED) is 0.392. The first-order chi connectivity index (χ1) is 13.7. The molecule has 1 aromatic heterocycles. The molecule has 0 aliphatic rings. The lowest BCUT2D eigenvalue weighted by Gasteiger charge is -2.14. The van der Waals surface area contributed by atoms with E-state index in [-0.39, 0.29) is 11.5 Å². The summed E-state index contributed by atoms with van der Waals surface area (Å²) in [5.74, 6) is 2.02. The Morgan fingerprint density at radius 1 is 1.07 bits per heavy atom. The highest BCUT2D eigenvalue weighted by Crippen LogP contribution is 2.41. The molecule has 3 aromatic rings. The van der Waals surface area contributed by atoms with Crippen LogP contribution in [0.4, 0.5) is 0 Å². The summed E-state index contributed by atoms with van der Waals surface area (Å²) in [4.78, 5) is 12.2. The maximum atomic E-state index is 12.2. The standard InChI is InChI=1S/C20H20N2O5S/c1-4-26-18-16(24-2)10-14(11-17(18)25-3)19-21-22-20(27-19)28-12-15(23)13-8-6-5-7-9-13/h5-11H,4,12H2,1-3H3. The van der Waals surface area contributed by atoms with Crippen LogP contribution in [0, 0.1) is 0 Å². The minimum Gasteiger partial charge on any atom is -0.493 e. The summed E-state index contributed by atoms with van der Waals surface area (Å²) < 4.78 is 22.1. The molecular formula is C20H20N2O5S. The van der Waals surface area contributed by atoms with Gasteiger partial charge < -0.3 is 18.6 Å². The zero-order valence-electron chi connectivity index (χ0n) is 15.8. The average Bonchev–Trinajstić information content (AvgIpc) is 3.22. The number of hydrogen-bond donors (Lipinski definition) is 0. The van der Waals surface area contributed by atoms with Crippen molar-refractivity contribution < 1.29 is 23.4 Å². The number of carbonyl (C=O) groups excluding carboxylic acids is 1. The van der Waals surface area contributed by atoms with Crippen LogP contribution in [-0.4, -0.2) is 42.6 Å². The largest absolute Gasteiger partial charge is 0.493 e. The minimum absolute atomic E-state index is 0.00486. The Morgan fingerprint density at radius 2 is 1.75 bits per heavy atom. The van der Waals surface area contributed by atoms with E-state index in [9.17, 15) is 4.79 Å². The molecule has 8 heteroatoms. The van der Waals surface area contributed by atoms with E-state index in [0.29, 0.717) is 46.1 Å². The lowest BCUT2D eigenvalue weighted by atomic mass is 10.2. The topological polar surface area (TPSA) is 83.7 Å². The molecule has 0 bridgehead atoms. The normalized spacial score (nSPS) is 10.5. The molecule has 0 unspecified atom stereocenters. The van der Waals surface area contributed by atoms with Gasteiger partial charge in [-0.2, -0.15) is 0 Å². The zero-order valence-corrected chi connectivity index (χ0v) is 16.6. The smallest absolute Gasteiger partial charge is 0.277 e. The fourth-order valence-corrected chi connectivity index (χ4v) is 3.17. The Hall–Kier alpha value is -3.00. The van der Waals surface area contributed by atoms with Crippen molar-refractivity contribution in [3.63, 3.8) is 0 Å². The van der Waals surface area contributed by atoms with Crippen LogP contribution in [-0.2, 0) is 0 Å². The molecule has 3 rings (SSSR count). The number of methoxy groups -OCH3 is 2. The second-order valence-electron chi connectivity index (χ2n) is 5.59. The fraction of sp³-hybridized carbons (Fsp3) is 0.250. The average molecular weight is 400 g/mol. The lowest BCUT2D eigenvalue weighted by Crippen LogP contribution is -2.01. The van der Waals surface area contributed by atoms with Crippen molar-refractivity contribution in [2.24, 2.45) is 0 Å². The Balaban J connectivity index is 1.77. The van der Waals surface area contributed by atoms with Crippen LogP contribution in [0.5, 0.6) is 17.2 Å². The molecule has 0 atom stereocenters. The Kier molecular flexibility index (Phi) is 6.54. The van der Waals surface area contributed by atoms with Gasteiger partial charge in [0.2, 0.25) is 11.6 Å². The van der Waals surface area contributed by atoms with Gasteiger partial charge in [0.1, 0.15) is 0 Å². The van der Waals surface area contributed by atoms with Crippen LogP contribution < -0.4 is 14.2 Å². The van der Waals surface area contributed by atoms with Crippen molar-refractivity contribution in [2.75, 3.05) is 26.6 Å². The van der Waals surface area contributed by atoms with Crippen LogP contribution in [0.25, 0.3) is 11.5 Å². The maximum absolute atomic E-state index is 12.2. The van der Waals surface area contributed by atoms with Crippen molar-refractivity contribution in [1.29, 1.82) is 0 Å². The molecule has 0 radical (unpaired) electrons. The molecule has 0 N–H and O–H groups in total. The highest BCUT2D eigenvalue weighted by molar-refractivity contribution is 7.99.